The predicted molar refractivity (Wildman–Crippen MR) is 91.4 cm³/mol. The highest BCUT2D eigenvalue weighted by molar-refractivity contribution is 5.85. The van der Waals surface area contributed by atoms with Gasteiger partial charge in [0, 0.05) is 36.2 Å². The Morgan fingerprint density at radius 2 is 1.90 bits per heavy atom. The Hall–Kier alpha value is -1.32. The van der Waals surface area contributed by atoms with Crippen LogP contribution in [0.15, 0.2) is 24.3 Å². The summed E-state index contributed by atoms with van der Waals surface area (Å²) >= 11 is 0. The summed E-state index contributed by atoms with van der Waals surface area (Å²) in [5.41, 5.74) is 10.3. The molecule has 3 heteroatoms. The molecule has 0 aliphatic heterocycles. The summed E-state index contributed by atoms with van der Waals surface area (Å²) in [6, 6.07) is 8.92. The highest BCUT2D eigenvalue weighted by Gasteiger charge is 2.14. The van der Waals surface area contributed by atoms with Crippen molar-refractivity contribution in [1.29, 1.82) is 0 Å². The van der Waals surface area contributed by atoms with Crippen molar-refractivity contribution in [3.63, 3.8) is 0 Å². The van der Waals surface area contributed by atoms with Crippen molar-refractivity contribution in [3.8, 4) is 0 Å². The Morgan fingerprint density at radius 1 is 1.24 bits per heavy atom. The summed E-state index contributed by atoms with van der Waals surface area (Å²) in [4.78, 5) is 2.38. The lowest BCUT2D eigenvalue weighted by molar-refractivity contribution is 0.291. The fourth-order valence-electron chi connectivity index (χ4n) is 2.90. The first-order valence-corrected chi connectivity index (χ1v) is 7.88. The van der Waals surface area contributed by atoms with Gasteiger partial charge in [-0.3, -0.25) is 0 Å². The smallest absolute Gasteiger partial charge is 0.0483 e. The topological polar surface area (TPSA) is 34.2 Å². The second-order valence-electron chi connectivity index (χ2n) is 6.58. The van der Waals surface area contributed by atoms with Gasteiger partial charge in [-0.15, -0.1) is 0 Å². The van der Waals surface area contributed by atoms with Crippen molar-refractivity contribution < 1.29 is 0 Å². The Morgan fingerprint density at radius 3 is 2.52 bits per heavy atom. The number of benzene rings is 1. The fraction of sp³-hybridized carbons (Fsp3) is 0.556. The van der Waals surface area contributed by atoms with E-state index in [1.807, 2.05) is 0 Å². The van der Waals surface area contributed by atoms with Crippen LogP contribution in [0.3, 0.4) is 0 Å². The van der Waals surface area contributed by atoms with Crippen LogP contribution in [0.25, 0.3) is 10.9 Å². The van der Waals surface area contributed by atoms with Gasteiger partial charge < -0.3 is 15.2 Å². The first-order chi connectivity index (χ1) is 9.91. The van der Waals surface area contributed by atoms with Crippen LogP contribution in [0.5, 0.6) is 0 Å². The van der Waals surface area contributed by atoms with Crippen LogP contribution < -0.4 is 5.73 Å². The number of nitrogens with zero attached hydrogens (tertiary/aromatic N) is 2. The molecular weight excluding hydrogens is 258 g/mol. The monoisotopic (exact) mass is 287 g/mol. The largest absolute Gasteiger partial charge is 0.346 e. The van der Waals surface area contributed by atoms with E-state index in [1.54, 1.807) is 0 Å². The van der Waals surface area contributed by atoms with Gasteiger partial charge in [-0.05, 0) is 44.5 Å². The minimum absolute atomic E-state index is 0.293. The molecule has 1 unspecified atom stereocenters. The molecule has 0 aliphatic rings. The van der Waals surface area contributed by atoms with E-state index >= 15 is 0 Å². The van der Waals surface area contributed by atoms with Crippen LogP contribution in [0.1, 0.15) is 31.5 Å². The Kier molecular flexibility index (Phi) is 5.07. The van der Waals surface area contributed by atoms with Crippen LogP contribution in [0.4, 0.5) is 0 Å². The van der Waals surface area contributed by atoms with Gasteiger partial charge in [0.05, 0.1) is 0 Å². The minimum atomic E-state index is 0.293. The van der Waals surface area contributed by atoms with Crippen LogP contribution >= 0.6 is 0 Å². The normalized spacial score (nSPS) is 13.5. The first kappa shape index (κ1) is 16.1. The third kappa shape index (κ3) is 3.47. The van der Waals surface area contributed by atoms with Crippen LogP contribution in [-0.2, 0) is 13.6 Å². The first-order valence-electron chi connectivity index (χ1n) is 7.88. The zero-order valence-electron chi connectivity index (χ0n) is 14.1. The van der Waals surface area contributed by atoms with E-state index in [0.29, 0.717) is 12.0 Å². The summed E-state index contributed by atoms with van der Waals surface area (Å²) in [5.74, 6) is 0.553. The van der Waals surface area contributed by atoms with Crippen molar-refractivity contribution >= 4 is 10.9 Å². The average Bonchev–Trinajstić information content (AvgIpc) is 2.70. The highest BCUT2D eigenvalue weighted by Crippen LogP contribution is 2.25. The van der Waals surface area contributed by atoms with Gasteiger partial charge in [0.25, 0.3) is 0 Å². The van der Waals surface area contributed by atoms with E-state index < -0.39 is 0 Å². The maximum atomic E-state index is 6.15. The Labute approximate surface area is 128 Å². The molecule has 1 atom stereocenters. The summed E-state index contributed by atoms with van der Waals surface area (Å²) in [6.07, 6.45) is 1.05. The maximum Gasteiger partial charge on any atom is 0.0483 e. The van der Waals surface area contributed by atoms with Gasteiger partial charge in [0.1, 0.15) is 0 Å². The second kappa shape index (κ2) is 6.63. The van der Waals surface area contributed by atoms with Gasteiger partial charge in [0.2, 0.25) is 0 Å². The molecule has 3 nitrogen and oxygen atoms in total. The number of nitrogens with two attached hydrogens (primary N) is 1. The predicted octanol–water partition coefficient (Wildman–Crippen LogP) is 3.29. The molecule has 1 heterocycles. The van der Waals surface area contributed by atoms with Gasteiger partial charge in [-0.2, -0.15) is 0 Å². The maximum absolute atomic E-state index is 6.15. The third-order valence-corrected chi connectivity index (χ3v) is 4.63. The average molecular weight is 287 g/mol. The summed E-state index contributed by atoms with van der Waals surface area (Å²) < 4.78 is 2.32. The van der Waals surface area contributed by atoms with Gasteiger partial charge >= 0.3 is 0 Å². The molecule has 0 amide bonds. The standard InChI is InChI=1S/C18H29N3/c1-13(2)16(19)10-11-20(4)12-18-14(3)15-8-6-7-9-17(15)21(18)5/h6-9,13,16H,10-12,19H2,1-5H3. The molecule has 21 heavy (non-hydrogen) atoms. The lowest BCUT2D eigenvalue weighted by Gasteiger charge is -2.22. The van der Waals surface area contributed by atoms with Gasteiger partial charge in [0.15, 0.2) is 0 Å². The molecule has 1 aromatic carbocycles. The Bertz CT molecular complexity index is 559. The number of hydrogen-bond acceptors (Lipinski definition) is 2. The molecule has 0 bridgehead atoms. The summed E-state index contributed by atoms with van der Waals surface area (Å²) in [6.45, 7) is 8.63. The fourth-order valence-corrected chi connectivity index (χ4v) is 2.90. The summed E-state index contributed by atoms with van der Waals surface area (Å²) in [5, 5.41) is 1.36. The molecule has 0 radical (unpaired) electrons. The molecule has 0 fully saturated rings. The van der Waals surface area contributed by atoms with Crippen molar-refractivity contribution in [2.45, 2.75) is 39.8 Å². The van der Waals surface area contributed by atoms with Crippen molar-refractivity contribution in [3.05, 3.63) is 35.5 Å². The highest BCUT2D eigenvalue weighted by atomic mass is 15.1. The van der Waals surface area contributed by atoms with E-state index in [0.717, 1.165) is 19.5 Å². The number of aromatic nitrogens is 1. The van der Waals surface area contributed by atoms with E-state index in [-0.39, 0.29) is 0 Å². The summed E-state index contributed by atoms with van der Waals surface area (Å²) in [7, 11) is 4.35. The van der Waals surface area contributed by atoms with E-state index in [2.05, 4.69) is 68.6 Å². The molecule has 1 aromatic heterocycles. The van der Waals surface area contributed by atoms with E-state index in [1.165, 1.54) is 22.2 Å². The van der Waals surface area contributed by atoms with Crippen LogP contribution in [0.2, 0.25) is 0 Å². The van der Waals surface area contributed by atoms with Crippen LogP contribution in [0, 0.1) is 12.8 Å². The second-order valence-corrected chi connectivity index (χ2v) is 6.58. The SMILES string of the molecule is Cc1c(CN(C)CCC(N)C(C)C)n(C)c2ccccc12. The van der Waals surface area contributed by atoms with Crippen molar-refractivity contribution in [2.75, 3.05) is 13.6 Å². The lowest BCUT2D eigenvalue weighted by Crippen LogP contribution is -2.32. The van der Waals surface area contributed by atoms with Gasteiger partial charge in [-0.1, -0.05) is 32.0 Å². The number of hydrogen-bond donors (Lipinski definition) is 1. The van der Waals surface area contributed by atoms with Crippen molar-refractivity contribution in [2.24, 2.45) is 18.7 Å². The quantitative estimate of drug-likeness (QED) is 0.884. The zero-order chi connectivity index (χ0) is 15.6. The molecule has 2 aromatic rings. The van der Waals surface area contributed by atoms with Crippen LogP contribution in [-0.4, -0.2) is 29.1 Å². The third-order valence-electron chi connectivity index (χ3n) is 4.63. The molecule has 0 saturated heterocycles. The molecular formula is C18H29N3. The number of para-hydroxylation sites is 1. The molecule has 0 aliphatic carbocycles. The number of aryl methyl sites for hydroxylation is 2. The zero-order valence-corrected chi connectivity index (χ0v) is 14.1. The number of fused-ring (bicyclic) bond motifs is 1. The van der Waals surface area contributed by atoms with Crippen molar-refractivity contribution in [1.82, 2.24) is 9.47 Å². The molecule has 2 N–H and O–H groups in total. The van der Waals surface area contributed by atoms with E-state index in [4.69, 9.17) is 5.73 Å². The molecule has 2 rings (SSSR count). The number of rotatable bonds is 6. The van der Waals surface area contributed by atoms with E-state index in [9.17, 15) is 0 Å². The molecule has 0 saturated carbocycles. The molecule has 0 spiro atoms. The molecule has 116 valence electrons. The lowest BCUT2D eigenvalue weighted by atomic mass is 10.0. The Balaban J connectivity index is 2.09. The minimum Gasteiger partial charge on any atom is -0.346 e. The van der Waals surface area contributed by atoms with Gasteiger partial charge in [-0.25, -0.2) is 0 Å².